The maximum Gasteiger partial charge on any atom is 0.269 e. The third-order valence-corrected chi connectivity index (χ3v) is 6.75. The summed E-state index contributed by atoms with van der Waals surface area (Å²) in [6, 6.07) is 7.07. The maximum atomic E-state index is 13.8. The number of hydrogen-bond donors (Lipinski definition) is 1. The van der Waals surface area contributed by atoms with Gasteiger partial charge >= 0.3 is 0 Å². The van der Waals surface area contributed by atoms with E-state index in [1.165, 1.54) is 0 Å². The minimum atomic E-state index is -2.58. The predicted octanol–water partition coefficient (Wildman–Crippen LogP) is 3.98. The van der Waals surface area contributed by atoms with Gasteiger partial charge in [0.05, 0.1) is 22.9 Å². The van der Waals surface area contributed by atoms with Crippen LogP contribution in [0.4, 0.5) is 26.0 Å². The summed E-state index contributed by atoms with van der Waals surface area (Å²) in [5, 5.41) is 7.58. The molecule has 2 aliphatic rings. The van der Waals surface area contributed by atoms with Crippen LogP contribution in [-0.4, -0.2) is 61.1 Å². The molecule has 5 rings (SSSR count). The van der Waals surface area contributed by atoms with Gasteiger partial charge in [0.2, 0.25) is 0 Å². The summed E-state index contributed by atoms with van der Waals surface area (Å²) in [6.45, 7) is 4.27. The molecule has 0 unspecified atom stereocenters. The zero-order valence-electron chi connectivity index (χ0n) is 19.5. The van der Waals surface area contributed by atoms with Crippen LogP contribution in [0.2, 0.25) is 0 Å². The summed E-state index contributed by atoms with van der Waals surface area (Å²) in [7, 11) is 3.52. The van der Waals surface area contributed by atoms with E-state index in [9.17, 15) is 13.6 Å². The van der Waals surface area contributed by atoms with E-state index in [1.807, 2.05) is 28.8 Å². The molecule has 1 fully saturated rings. The number of aromatic nitrogens is 3. The molecule has 34 heavy (non-hydrogen) atoms. The molecule has 1 saturated heterocycles. The van der Waals surface area contributed by atoms with Gasteiger partial charge in [-0.3, -0.25) is 9.48 Å². The first-order valence-corrected chi connectivity index (χ1v) is 11.5. The second kappa shape index (κ2) is 8.83. The third kappa shape index (κ3) is 3.75. The van der Waals surface area contributed by atoms with Crippen LogP contribution in [0.1, 0.15) is 46.9 Å². The first-order valence-electron chi connectivity index (χ1n) is 11.5. The molecule has 0 radical (unpaired) electrons. The molecule has 1 amide bonds. The van der Waals surface area contributed by atoms with Gasteiger partial charge in [-0.25, -0.2) is 13.8 Å². The smallest absolute Gasteiger partial charge is 0.269 e. The first kappa shape index (κ1) is 22.5. The lowest BCUT2D eigenvalue weighted by atomic mass is 10.0. The van der Waals surface area contributed by atoms with E-state index in [2.05, 4.69) is 15.2 Å². The molecule has 1 N–H and O–H groups in total. The van der Waals surface area contributed by atoms with Crippen molar-refractivity contribution in [3.8, 4) is 0 Å². The van der Waals surface area contributed by atoms with E-state index >= 15 is 0 Å². The Morgan fingerprint density at radius 1 is 1.18 bits per heavy atom. The largest absolute Gasteiger partial charge is 0.381 e. The van der Waals surface area contributed by atoms with Gasteiger partial charge in [0.25, 0.3) is 12.3 Å². The Morgan fingerprint density at radius 3 is 2.65 bits per heavy atom. The Labute approximate surface area is 196 Å². The standard InChI is InChI=1S/C24H28F2N6O2/c1-14-12-19-20(13-16(14)22(25)26)31(9-8-30(19)3)23-21-18(5-4-17(28-21)24(33)27-2)32(29-23)15-6-10-34-11-7-15/h4-5,12-13,15,22H,6-11H2,1-3H3,(H,27,33). The van der Waals surface area contributed by atoms with Crippen LogP contribution in [-0.2, 0) is 4.74 Å². The number of fused-ring (bicyclic) bond motifs is 2. The van der Waals surface area contributed by atoms with E-state index in [0.29, 0.717) is 48.9 Å². The van der Waals surface area contributed by atoms with E-state index in [-0.39, 0.29) is 23.2 Å². The fraction of sp³-hybridized carbons (Fsp3) is 0.458. The number of anilines is 3. The van der Waals surface area contributed by atoms with Crippen LogP contribution in [0.5, 0.6) is 0 Å². The van der Waals surface area contributed by atoms with Gasteiger partial charge in [-0.15, -0.1) is 0 Å². The number of ether oxygens (including phenoxy) is 1. The highest BCUT2D eigenvalue weighted by Gasteiger charge is 2.30. The number of benzene rings is 1. The Morgan fingerprint density at radius 2 is 1.94 bits per heavy atom. The number of aryl methyl sites for hydroxylation is 1. The van der Waals surface area contributed by atoms with Gasteiger partial charge in [-0.05, 0) is 49.6 Å². The maximum absolute atomic E-state index is 13.8. The van der Waals surface area contributed by atoms with Crippen LogP contribution in [0.15, 0.2) is 24.3 Å². The Balaban J connectivity index is 1.71. The van der Waals surface area contributed by atoms with Crippen molar-refractivity contribution in [2.24, 2.45) is 0 Å². The molecule has 180 valence electrons. The van der Waals surface area contributed by atoms with Gasteiger partial charge in [0, 0.05) is 46.0 Å². The molecule has 0 aliphatic carbocycles. The Kier molecular flexibility index (Phi) is 5.85. The Bertz CT molecular complexity index is 1240. The number of nitrogens with one attached hydrogen (secondary N) is 1. The highest BCUT2D eigenvalue weighted by molar-refractivity contribution is 5.98. The molecule has 1 aromatic carbocycles. The van der Waals surface area contributed by atoms with Gasteiger partial charge in [-0.1, -0.05) is 0 Å². The van der Waals surface area contributed by atoms with Gasteiger partial charge in [0.1, 0.15) is 11.2 Å². The number of pyridine rings is 1. The number of rotatable bonds is 4. The van der Waals surface area contributed by atoms with Crippen LogP contribution in [0, 0.1) is 6.92 Å². The minimum absolute atomic E-state index is 0.00577. The zero-order valence-corrected chi connectivity index (χ0v) is 19.5. The average molecular weight is 471 g/mol. The molecule has 8 nitrogen and oxygen atoms in total. The number of amides is 1. The van der Waals surface area contributed by atoms with E-state index < -0.39 is 6.43 Å². The van der Waals surface area contributed by atoms with Crippen LogP contribution >= 0.6 is 0 Å². The monoisotopic (exact) mass is 470 g/mol. The van der Waals surface area contributed by atoms with Crippen LogP contribution in [0.3, 0.4) is 0 Å². The van der Waals surface area contributed by atoms with Crippen molar-refractivity contribution >= 4 is 34.1 Å². The second-order valence-corrected chi connectivity index (χ2v) is 8.83. The van der Waals surface area contributed by atoms with Crippen LogP contribution < -0.4 is 15.1 Å². The Hall–Kier alpha value is -3.27. The number of carbonyl (C=O) groups excluding carboxylic acids is 1. The number of nitrogens with zero attached hydrogens (tertiary/aromatic N) is 5. The summed E-state index contributed by atoms with van der Waals surface area (Å²) >= 11 is 0. The van der Waals surface area contributed by atoms with E-state index in [0.717, 1.165) is 24.0 Å². The third-order valence-electron chi connectivity index (χ3n) is 6.75. The van der Waals surface area contributed by atoms with E-state index in [4.69, 9.17) is 9.84 Å². The van der Waals surface area contributed by atoms with Gasteiger partial charge in [-0.2, -0.15) is 5.10 Å². The lowest BCUT2D eigenvalue weighted by molar-refractivity contribution is 0.0675. The highest BCUT2D eigenvalue weighted by atomic mass is 19.3. The fourth-order valence-corrected chi connectivity index (χ4v) is 4.81. The number of likely N-dealkylation sites (N-methyl/N-ethyl adjacent to an activating group) is 1. The zero-order chi connectivity index (χ0) is 24.0. The predicted molar refractivity (Wildman–Crippen MR) is 126 cm³/mol. The van der Waals surface area contributed by atoms with Crippen molar-refractivity contribution < 1.29 is 18.3 Å². The number of hydrogen-bond acceptors (Lipinski definition) is 6. The normalized spacial score (nSPS) is 16.9. The van der Waals surface area contributed by atoms with Crippen LogP contribution in [0.25, 0.3) is 11.0 Å². The summed E-state index contributed by atoms with van der Waals surface area (Å²) in [5.74, 6) is 0.284. The molecular formula is C24H28F2N6O2. The molecule has 4 heterocycles. The fourth-order valence-electron chi connectivity index (χ4n) is 4.81. The second-order valence-electron chi connectivity index (χ2n) is 8.83. The van der Waals surface area contributed by atoms with Crippen molar-refractivity contribution in [3.05, 3.63) is 41.1 Å². The van der Waals surface area contributed by atoms with Crippen molar-refractivity contribution in [2.45, 2.75) is 32.2 Å². The molecule has 0 saturated carbocycles. The topological polar surface area (TPSA) is 75.5 Å². The SMILES string of the molecule is CNC(=O)c1ccc2c(n1)c(N1CCN(C)c3cc(C)c(C(F)F)cc31)nn2C1CCOCC1. The molecular weight excluding hydrogens is 442 g/mol. The minimum Gasteiger partial charge on any atom is -0.381 e. The number of carbonyl (C=O) groups is 1. The van der Waals surface area contributed by atoms with Crippen molar-refractivity contribution in [1.82, 2.24) is 20.1 Å². The molecule has 0 bridgehead atoms. The average Bonchev–Trinajstić information content (AvgIpc) is 3.23. The summed E-state index contributed by atoms with van der Waals surface area (Å²) in [6.07, 6.45) is -0.933. The lowest BCUT2D eigenvalue weighted by Crippen LogP contribution is -2.37. The van der Waals surface area contributed by atoms with Crippen molar-refractivity contribution in [1.29, 1.82) is 0 Å². The molecule has 0 atom stereocenters. The van der Waals surface area contributed by atoms with Gasteiger partial charge in [0.15, 0.2) is 5.82 Å². The lowest BCUT2D eigenvalue weighted by Gasteiger charge is -2.36. The molecule has 10 heteroatoms. The van der Waals surface area contributed by atoms with Crippen molar-refractivity contribution in [3.63, 3.8) is 0 Å². The molecule has 0 spiro atoms. The van der Waals surface area contributed by atoms with Gasteiger partial charge < -0.3 is 19.9 Å². The molecule has 3 aromatic rings. The summed E-state index contributed by atoms with van der Waals surface area (Å²) < 4.78 is 35.1. The number of alkyl halides is 2. The highest BCUT2D eigenvalue weighted by Crippen LogP contribution is 2.43. The molecule has 2 aliphatic heterocycles. The van der Waals surface area contributed by atoms with Crippen molar-refractivity contribution in [2.75, 3.05) is 50.2 Å². The van der Waals surface area contributed by atoms with E-state index in [1.54, 1.807) is 26.1 Å². The summed E-state index contributed by atoms with van der Waals surface area (Å²) in [4.78, 5) is 21.0. The number of halogens is 2. The first-order chi connectivity index (χ1) is 16.4. The molecule has 2 aromatic heterocycles. The quantitative estimate of drug-likeness (QED) is 0.622. The summed E-state index contributed by atoms with van der Waals surface area (Å²) in [5.41, 5.74) is 3.78.